The van der Waals surface area contributed by atoms with Gasteiger partial charge < -0.3 is 20.1 Å². The molecule has 0 fully saturated rings. The molecule has 3 N–H and O–H groups in total. The Morgan fingerprint density at radius 3 is 1.40 bits per heavy atom. The summed E-state index contributed by atoms with van der Waals surface area (Å²) in [5, 5.41) is 0. The van der Waals surface area contributed by atoms with E-state index < -0.39 is 19.9 Å². The molecule has 0 aromatic rings. The van der Waals surface area contributed by atoms with E-state index in [1.807, 2.05) is 12.2 Å². The van der Waals surface area contributed by atoms with E-state index in [1.165, 1.54) is 96.3 Å². The van der Waals surface area contributed by atoms with E-state index in [1.54, 1.807) is 0 Å². The van der Waals surface area contributed by atoms with Gasteiger partial charge in [0, 0.05) is 19.6 Å². The van der Waals surface area contributed by atoms with Crippen LogP contribution in [0.2, 0.25) is 0 Å². The fourth-order valence-electron chi connectivity index (χ4n) is 6.05. The van der Waals surface area contributed by atoms with E-state index in [2.05, 4.69) is 98.9 Å². The van der Waals surface area contributed by atoms with Crippen LogP contribution in [-0.2, 0) is 27.9 Å². The van der Waals surface area contributed by atoms with Crippen LogP contribution in [0, 0.1) is 0 Å². The molecule has 2 unspecified atom stereocenters. The van der Waals surface area contributed by atoms with Gasteiger partial charge in [0.1, 0.15) is 6.10 Å². The number of ether oxygens (including phenoxy) is 2. The lowest BCUT2D eigenvalue weighted by Crippen LogP contribution is -2.28. The molecular weight excluding hydrogens is 770 g/mol. The molecule has 0 saturated carbocycles. The maximum Gasteiger partial charge on any atom is 0.472 e. The normalized spacial score (nSPS) is 14.3. The lowest BCUT2D eigenvalue weighted by atomic mass is 10.1. The highest BCUT2D eigenvalue weighted by atomic mass is 31.2. The molecule has 0 radical (unpaired) electrons. The van der Waals surface area contributed by atoms with Crippen LogP contribution in [-0.4, -0.2) is 49.9 Å². The molecule has 8 nitrogen and oxygen atoms in total. The number of phosphoric ester groups is 1. The minimum Gasteiger partial charge on any atom is -0.457 e. The van der Waals surface area contributed by atoms with E-state index >= 15 is 0 Å². The van der Waals surface area contributed by atoms with E-state index in [0.717, 1.165) is 57.8 Å². The molecule has 0 bridgehead atoms. The summed E-state index contributed by atoms with van der Waals surface area (Å²) in [6.07, 6.45) is 63.1. The number of nitrogens with two attached hydrogens (primary N) is 1. The Morgan fingerprint density at radius 2 is 0.933 bits per heavy atom. The Morgan fingerprint density at radius 1 is 0.517 bits per heavy atom. The fraction of sp³-hybridized carbons (Fsp3) is 0.667. The minimum atomic E-state index is -4.31. The van der Waals surface area contributed by atoms with Gasteiger partial charge in [-0.2, -0.15) is 0 Å². The minimum absolute atomic E-state index is 0.0780. The largest absolute Gasteiger partial charge is 0.472 e. The quantitative estimate of drug-likeness (QED) is 0.0269. The van der Waals surface area contributed by atoms with Crippen molar-refractivity contribution in [3.05, 3.63) is 97.2 Å². The summed E-state index contributed by atoms with van der Waals surface area (Å²) in [5.41, 5.74) is 5.37. The van der Waals surface area contributed by atoms with E-state index in [0.29, 0.717) is 13.0 Å². The van der Waals surface area contributed by atoms with Crippen LogP contribution in [0.5, 0.6) is 0 Å². The third-order valence-electron chi connectivity index (χ3n) is 9.50. The van der Waals surface area contributed by atoms with Gasteiger partial charge in [-0.1, -0.05) is 188 Å². The Kier molecular flexibility index (Phi) is 45.4. The number of phosphoric acid groups is 1. The van der Waals surface area contributed by atoms with E-state index in [9.17, 15) is 14.3 Å². The van der Waals surface area contributed by atoms with Crippen molar-refractivity contribution in [3.63, 3.8) is 0 Å². The maximum absolute atomic E-state index is 12.6. The van der Waals surface area contributed by atoms with Crippen LogP contribution in [0.1, 0.15) is 181 Å². The summed E-state index contributed by atoms with van der Waals surface area (Å²) in [7, 11) is -4.31. The summed E-state index contributed by atoms with van der Waals surface area (Å²) < 4.78 is 33.4. The van der Waals surface area contributed by atoms with Gasteiger partial charge in [0.05, 0.1) is 19.8 Å². The Bertz CT molecular complexity index is 1240. The molecule has 0 amide bonds. The number of allylic oxidation sites excluding steroid dienone is 16. The molecule has 0 aliphatic rings. The number of carbonyl (C=O) groups excluding carboxylic acids is 1. The number of esters is 1. The number of rotatable bonds is 44. The summed E-state index contributed by atoms with van der Waals surface area (Å²) in [6, 6.07) is 0. The first kappa shape index (κ1) is 57.4. The second-order valence-electron chi connectivity index (χ2n) is 15.2. The average molecular weight is 858 g/mol. The molecule has 60 heavy (non-hydrogen) atoms. The molecule has 344 valence electrons. The summed E-state index contributed by atoms with van der Waals surface area (Å²) >= 11 is 0. The maximum atomic E-state index is 12.6. The lowest BCUT2D eigenvalue weighted by Gasteiger charge is -2.20. The Labute approximate surface area is 368 Å². The van der Waals surface area contributed by atoms with Crippen LogP contribution in [0.25, 0.3) is 0 Å². The molecule has 0 spiro atoms. The third-order valence-corrected chi connectivity index (χ3v) is 10.5. The van der Waals surface area contributed by atoms with Gasteiger partial charge in [-0.25, -0.2) is 4.57 Å². The zero-order chi connectivity index (χ0) is 43.7. The SMILES string of the molecule is CC/C=C\C/C=C\C/C=C\C/C=C\C/C=C\C/C=C\CCC(=O)OC(COCCCCCCCCCCCC/C=C\C/C=C\CCCCCCC)COP(=O)(O)OCCN. The molecule has 2 atom stereocenters. The van der Waals surface area contributed by atoms with Gasteiger partial charge in [0.25, 0.3) is 0 Å². The van der Waals surface area contributed by atoms with Crippen LogP contribution < -0.4 is 5.73 Å². The topological polar surface area (TPSA) is 117 Å². The Hall–Kier alpha value is -2.58. The van der Waals surface area contributed by atoms with Crippen molar-refractivity contribution >= 4 is 13.8 Å². The van der Waals surface area contributed by atoms with Crippen LogP contribution in [0.4, 0.5) is 0 Å². The van der Waals surface area contributed by atoms with Crippen molar-refractivity contribution in [1.29, 1.82) is 0 Å². The van der Waals surface area contributed by atoms with Crippen molar-refractivity contribution in [1.82, 2.24) is 0 Å². The van der Waals surface area contributed by atoms with Crippen LogP contribution in [0.15, 0.2) is 97.2 Å². The average Bonchev–Trinajstić information content (AvgIpc) is 3.24. The van der Waals surface area contributed by atoms with Crippen molar-refractivity contribution in [2.75, 3.05) is 33.0 Å². The van der Waals surface area contributed by atoms with E-state index in [4.69, 9.17) is 24.3 Å². The first-order valence-corrected chi connectivity index (χ1v) is 25.2. The zero-order valence-electron chi connectivity index (χ0n) is 38.2. The fourth-order valence-corrected chi connectivity index (χ4v) is 6.82. The standard InChI is InChI=1S/C51H88NO7P/c1-3-5-7-9-11-13-15-17-19-21-23-24-25-27-29-31-33-35-37-39-41-43-46-56-48-50(49-58-60(54,55)57-47-45-52)59-51(53)44-42-40-38-36-34-32-30-28-26-22-20-18-16-14-12-10-8-6-4-2/h6,8,12,14-15,17-18,20-21,23,26,28,32,34,38,40,50H,3-5,7,9-11,13,16,19,22,24-25,27,29-31,33,35-37,39,41-49,52H2,1-2H3,(H,54,55)/b8-6-,14-12-,17-15-,20-18-,23-21-,28-26-,34-32-,40-38-. The number of hydrogen-bond acceptors (Lipinski definition) is 7. The highest BCUT2D eigenvalue weighted by molar-refractivity contribution is 7.47. The van der Waals surface area contributed by atoms with Crippen molar-refractivity contribution < 1.29 is 32.8 Å². The molecule has 0 saturated heterocycles. The number of unbranched alkanes of at least 4 members (excludes halogenated alkanes) is 15. The summed E-state index contributed by atoms with van der Waals surface area (Å²) in [4.78, 5) is 22.5. The van der Waals surface area contributed by atoms with Crippen LogP contribution in [0.3, 0.4) is 0 Å². The smallest absolute Gasteiger partial charge is 0.457 e. The Balaban J connectivity index is 4.12. The lowest BCUT2D eigenvalue weighted by molar-refractivity contribution is -0.154. The van der Waals surface area contributed by atoms with Crippen molar-refractivity contribution in [3.8, 4) is 0 Å². The predicted octanol–water partition coefficient (Wildman–Crippen LogP) is 14.6. The van der Waals surface area contributed by atoms with Gasteiger partial charge in [0.15, 0.2) is 0 Å². The second-order valence-corrected chi connectivity index (χ2v) is 16.7. The highest BCUT2D eigenvalue weighted by Crippen LogP contribution is 2.43. The van der Waals surface area contributed by atoms with Crippen molar-refractivity contribution in [2.45, 2.75) is 187 Å². The molecule has 0 aromatic heterocycles. The first-order chi connectivity index (χ1) is 29.4. The third kappa shape index (κ3) is 46.5. The van der Waals surface area contributed by atoms with Gasteiger partial charge in [0.2, 0.25) is 0 Å². The molecule has 0 aliphatic heterocycles. The molecule has 9 heteroatoms. The van der Waals surface area contributed by atoms with Gasteiger partial charge in [-0.3, -0.25) is 13.8 Å². The molecule has 0 aliphatic carbocycles. The number of carbonyl (C=O) groups is 1. The summed E-state index contributed by atoms with van der Waals surface area (Å²) in [6.45, 7) is 4.67. The van der Waals surface area contributed by atoms with Crippen LogP contribution >= 0.6 is 7.82 Å². The van der Waals surface area contributed by atoms with Gasteiger partial charge in [-0.15, -0.1) is 0 Å². The molecule has 0 heterocycles. The zero-order valence-corrected chi connectivity index (χ0v) is 39.1. The molecule has 0 aromatic carbocycles. The predicted molar refractivity (Wildman–Crippen MR) is 256 cm³/mol. The highest BCUT2D eigenvalue weighted by Gasteiger charge is 2.25. The van der Waals surface area contributed by atoms with Gasteiger partial charge in [-0.05, 0) is 83.5 Å². The van der Waals surface area contributed by atoms with Crippen molar-refractivity contribution in [2.24, 2.45) is 5.73 Å². The monoisotopic (exact) mass is 858 g/mol. The van der Waals surface area contributed by atoms with E-state index in [-0.39, 0.29) is 32.8 Å². The second kappa shape index (κ2) is 47.5. The molecular formula is C51H88NO7P. The molecule has 0 rings (SSSR count). The summed E-state index contributed by atoms with van der Waals surface area (Å²) in [5.74, 6) is -0.416. The number of hydrogen-bond donors (Lipinski definition) is 2. The van der Waals surface area contributed by atoms with Gasteiger partial charge >= 0.3 is 13.8 Å². The first-order valence-electron chi connectivity index (χ1n) is 23.7.